The van der Waals surface area contributed by atoms with Crippen molar-refractivity contribution in [3.63, 3.8) is 0 Å². The molecule has 1 fully saturated rings. The van der Waals surface area contributed by atoms with E-state index in [1.165, 1.54) is 19.1 Å². The molecule has 0 aromatic heterocycles. The Morgan fingerprint density at radius 1 is 1.21 bits per heavy atom. The minimum Gasteiger partial charge on any atom is -0.490 e. The molecular weight excluding hydrogens is 384 g/mol. The molecule has 8 nitrogen and oxygen atoms in total. The second kappa shape index (κ2) is 7.26. The van der Waals surface area contributed by atoms with Crippen molar-refractivity contribution in [2.24, 2.45) is 0 Å². The van der Waals surface area contributed by atoms with Gasteiger partial charge in [0.2, 0.25) is 0 Å². The van der Waals surface area contributed by atoms with Crippen molar-refractivity contribution < 1.29 is 28.7 Å². The molecule has 1 aliphatic heterocycles. The molecule has 1 aromatic carbocycles. The van der Waals surface area contributed by atoms with Gasteiger partial charge in [0.25, 0.3) is 11.8 Å². The number of urea groups is 1. The lowest BCUT2D eigenvalue weighted by atomic mass is 10.1. The van der Waals surface area contributed by atoms with Gasteiger partial charge >= 0.3 is 12.0 Å². The number of barbiturate groups is 1. The first kappa shape index (κ1) is 17.7. The summed E-state index contributed by atoms with van der Waals surface area (Å²) in [7, 11) is 0. The van der Waals surface area contributed by atoms with Crippen molar-refractivity contribution in [1.82, 2.24) is 10.6 Å². The highest BCUT2D eigenvalue weighted by Gasteiger charge is 2.28. The fraction of sp³-hybridized carbons (Fsp3) is 0.200. The maximum absolute atomic E-state index is 11.8. The lowest BCUT2D eigenvalue weighted by molar-refractivity contribution is -0.132. The molecular formula is C15H13BrN2O6. The second-order valence-corrected chi connectivity index (χ2v) is 5.51. The van der Waals surface area contributed by atoms with E-state index in [4.69, 9.17) is 9.47 Å². The van der Waals surface area contributed by atoms with Gasteiger partial charge in [-0.15, -0.1) is 0 Å². The van der Waals surface area contributed by atoms with Crippen LogP contribution in [-0.4, -0.2) is 30.4 Å². The fourth-order valence-electron chi connectivity index (χ4n) is 1.95. The average molecular weight is 397 g/mol. The van der Waals surface area contributed by atoms with Crippen LogP contribution in [0.2, 0.25) is 0 Å². The monoisotopic (exact) mass is 396 g/mol. The van der Waals surface area contributed by atoms with Crippen LogP contribution in [0.25, 0.3) is 6.08 Å². The van der Waals surface area contributed by atoms with E-state index in [9.17, 15) is 19.2 Å². The van der Waals surface area contributed by atoms with Gasteiger partial charge in [-0.3, -0.25) is 25.0 Å². The summed E-state index contributed by atoms with van der Waals surface area (Å²) in [5.41, 5.74) is 0.208. The Bertz CT molecular complexity index is 749. The van der Waals surface area contributed by atoms with Crippen molar-refractivity contribution in [3.05, 3.63) is 27.7 Å². The molecule has 0 saturated carbocycles. The first-order valence-corrected chi connectivity index (χ1v) is 7.64. The van der Waals surface area contributed by atoms with Gasteiger partial charge in [0.15, 0.2) is 11.5 Å². The molecule has 24 heavy (non-hydrogen) atoms. The van der Waals surface area contributed by atoms with Crippen LogP contribution in [0, 0.1) is 0 Å². The predicted molar refractivity (Wildman–Crippen MR) is 86.3 cm³/mol. The van der Waals surface area contributed by atoms with E-state index < -0.39 is 23.8 Å². The van der Waals surface area contributed by atoms with Gasteiger partial charge in [-0.2, -0.15) is 0 Å². The van der Waals surface area contributed by atoms with Gasteiger partial charge in [0.05, 0.1) is 11.1 Å². The highest BCUT2D eigenvalue weighted by molar-refractivity contribution is 9.10. The van der Waals surface area contributed by atoms with Gasteiger partial charge in [0, 0.05) is 6.92 Å². The number of benzene rings is 1. The topological polar surface area (TPSA) is 111 Å². The zero-order chi connectivity index (χ0) is 17.9. The molecule has 0 radical (unpaired) electrons. The lowest BCUT2D eigenvalue weighted by Gasteiger charge is -2.15. The van der Waals surface area contributed by atoms with Gasteiger partial charge in [-0.25, -0.2) is 4.79 Å². The standard InChI is InChI=1S/C15H13BrN2O6/c1-3-23-11-6-8(5-10(16)12(11)24-7(2)19)4-9-13(20)17-15(22)18-14(9)21/h4-6H,3H2,1-2H3,(H2,17,18,20,21,22). The van der Waals surface area contributed by atoms with E-state index in [0.717, 1.165) is 0 Å². The molecule has 2 rings (SSSR count). The molecule has 2 N–H and O–H groups in total. The molecule has 1 aromatic rings. The van der Waals surface area contributed by atoms with Crippen molar-refractivity contribution in [3.8, 4) is 11.5 Å². The maximum Gasteiger partial charge on any atom is 0.328 e. The van der Waals surface area contributed by atoms with E-state index in [2.05, 4.69) is 15.9 Å². The molecule has 0 unspecified atom stereocenters. The molecule has 1 heterocycles. The smallest absolute Gasteiger partial charge is 0.328 e. The molecule has 1 aliphatic rings. The molecule has 4 amide bonds. The Hall–Kier alpha value is -2.68. The molecule has 9 heteroatoms. The lowest BCUT2D eigenvalue weighted by Crippen LogP contribution is -2.51. The van der Waals surface area contributed by atoms with Gasteiger partial charge < -0.3 is 9.47 Å². The Morgan fingerprint density at radius 2 is 1.83 bits per heavy atom. The van der Waals surface area contributed by atoms with Crippen LogP contribution in [0.4, 0.5) is 4.79 Å². The first-order chi connectivity index (χ1) is 11.3. The third kappa shape index (κ3) is 3.99. The number of esters is 1. The van der Waals surface area contributed by atoms with E-state index >= 15 is 0 Å². The van der Waals surface area contributed by atoms with Crippen LogP contribution in [0.15, 0.2) is 22.2 Å². The first-order valence-electron chi connectivity index (χ1n) is 6.85. The van der Waals surface area contributed by atoms with Crippen LogP contribution >= 0.6 is 15.9 Å². The van der Waals surface area contributed by atoms with Crippen LogP contribution in [0.5, 0.6) is 11.5 Å². The van der Waals surface area contributed by atoms with E-state index in [-0.39, 0.29) is 17.1 Å². The number of carbonyl (C=O) groups is 4. The number of nitrogens with one attached hydrogen (secondary N) is 2. The number of amides is 4. The highest BCUT2D eigenvalue weighted by atomic mass is 79.9. The van der Waals surface area contributed by atoms with Crippen LogP contribution in [0.3, 0.4) is 0 Å². The molecule has 0 atom stereocenters. The third-order valence-corrected chi connectivity index (χ3v) is 3.42. The second-order valence-electron chi connectivity index (χ2n) is 4.65. The number of halogens is 1. The van der Waals surface area contributed by atoms with Crippen LogP contribution in [0.1, 0.15) is 19.4 Å². The minimum absolute atomic E-state index is 0.194. The fourth-order valence-corrected chi connectivity index (χ4v) is 2.49. The Morgan fingerprint density at radius 3 is 2.38 bits per heavy atom. The zero-order valence-electron chi connectivity index (χ0n) is 12.8. The Balaban J connectivity index is 2.46. The van der Waals surface area contributed by atoms with Crippen molar-refractivity contribution in [2.75, 3.05) is 6.61 Å². The van der Waals surface area contributed by atoms with Gasteiger partial charge in [-0.05, 0) is 46.6 Å². The van der Waals surface area contributed by atoms with Gasteiger partial charge in [-0.1, -0.05) is 0 Å². The highest BCUT2D eigenvalue weighted by Crippen LogP contribution is 2.37. The Kier molecular flexibility index (Phi) is 5.35. The van der Waals surface area contributed by atoms with Crippen LogP contribution in [-0.2, 0) is 14.4 Å². The number of ether oxygens (including phenoxy) is 2. The van der Waals surface area contributed by atoms with Crippen molar-refractivity contribution in [1.29, 1.82) is 0 Å². The zero-order valence-corrected chi connectivity index (χ0v) is 14.4. The largest absolute Gasteiger partial charge is 0.490 e. The average Bonchev–Trinajstić information content (AvgIpc) is 2.46. The number of hydrogen-bond acceptors (Lipinski definition) is 6. The SMILES string of the molecule is CCOc1cc(C=C2C(=O)NC(=O)NC2=O)cc(Br)c1OC(C)=O. The van der Waals surface area contributed by atoms with Crippen molar-refractivity contribution >= 4 is 45.8 Å². The summed E-state index contributed by atoms with van der Waals surface area (Å²) in [6.45, 7) is 3.33. The van der Waals surface area contributed by atoms with Crippen LogP contribution < -0.4 is 20.1 Å². The third-order valence-electron chi connectivity index (χ3n) is 2.83. The predicted octanol–water partition coefficient (Wildman–Crippen LogP) is 1.52. The molecule has 0 aliphatic carbocycles. The minimum atomic E-state index is -0.872. The quantitative estimate of drug-likeness (QED) is 0.345. The number of hydrogen-bond donors (Lipinski definition) is 2. The summed E-state index contributed by atoms with van der Waals surface area (Å²) >= 11 is 3.26. The molecule has 126 valence electrons. The van der Waals surface area contributed by atoms with Gasteiger partial charge in [0.1, 0.15) is 5.57 Å². The van der Waals surface area contributed by atoms with E-state index in [1.807, 2.05) is 10.6 Å². The summed E-state index contributed by atoms with van der Waals surface area (Å²) in [4.78, 5) is 45.8. The molecule has 0 spiro atoms. The summed E-state index contributed by atoms with van der Waals surface area (Å²) in [5.74, 6) is -1.67. The summed E-state index contributed by atoms with van der Waals surface area (Å²) in [6.07, 6.45) is 1.29. The number of imide groups is 2. The summed E-state index contributed by atoms with van der Waals surface area (Å²) < 4.78 is 10.9. The van der Waals surface area contributed by atoms with E-state index in [0.29, 0.717) is 16.6 Å². The Labute approximate surface area is 145 Å². The normalized spacial score (nSPS) is 14.0. The van der Waals surface area contributed by atoms with E-state index in [1.54, 1.807) is 13.0 Å². The molecule has 1 saturated heterocycles. The summed E-state index contributed by atoms with van der Waals surface area (Å²) in [6, 6.07) is 2.19. The number of carbonyl (C=O) groups excluding carboxylic acids is 4. The maximum atomic E-state index is 11.8. The number of rotatable bonds is 4. The summed E-state index contributed by atoms with van der Waals surface area (Å²) in [5, 5.41) is 3.96. The molecule has 0 bridgehead atoms. The van der Waals surface area contributed by atoms with Crippen molar-refractivity contribution in [2.45, 2.75) is 13.8 Å².